The van der Waals surface area contributed by atoms with Gasteiger partial charge in [-0.05, 0) is 155 Å². The van der Waals surface area contributed by atoms with Crippen molar-refractivity contribution in [2.45, 2.75) is 141 Å². The van der Waals surface area contributed by atoms with E-state index in [2.05, 4.69) is 155 Å². The SMILES string of the molecule is CC(C)N(Cc1nc2cccc(N3CC[C@@H](N(C)C)C3)n2c1C(O)C(O)c1c(CN(C(C)C)[C@H]2CCCc3cccnc32)nc2cccc(N3CC[C@@H](N(C)C)C3)n12)[C@H]1CCCc2cccnc21. The van der Waals surface area contributed by atoms with E-state index in [0.29, 0.717) is 36.6 Å². The fourth-order valence-corrected chi connectivity index (χ4v) is 12.1. The van der Waals surface area contributed by atoms with Gasteiger partial charge in [0.2, 0.25) is 0 Å². The smallest absolute Gasteiger partial charge is 0.138 e. The van der Waals surface area contributed by atoms with E-state index >= 15 is 0 Å². The second kappa shape index (κ2) is 19.4. The van der Waals surface area contributed by atoms with Crippen molar-refractivity contribution in [2.75, 3.05) is 64.2 Å². The first-order chi connectivity index (χ1) is 32.9. The predicted molar refractivity (Wildman–Crippen MR) is 270 cm³/mol. The van der Waals surface area contributed by atoms with Crippen LogP contribution in [0.1, 0.15) is 136 Å². The summed E-state index contributed by atoms with van der Waals surface area (Å²) in [5.41, 5.74) is 9.19. The van der Waals surface area contributed by atoms with E-state index < -0.39 is 12.2 Å². The number of hydrogen-bond donors (Lipinski definition) is 2. The topological polar surface area (TPSA) is 120 Å². The lowest BCUT2D eigenvalue weighted by molar-refractivity contribution is 0.00816. The van der Waals surface area contributed by atoms with Gasteiger partial charge in [-0.1, -0.05) is 24.3 Å². The standard InChI is InChI=1S/C54H74N12O2/c1-35(2)63(43-19-9-15-37-17-13-27-55-49(37)43)33-41-51(65-45(57-41)21-11-23-47(65)61-29-25-39(31-61)59(5)6)53(67)54(68)52-42(34-64(36(3)4)44-20-10-16-38-18-14-28-56-50(38)44)58-46-22-12-24-48(66(46)52)62-30-26-40(32-62)60(7)8/h11-14,17-18,21-24,27-28,35-36,39-40,43-44,53-54,67-68H,9-10,15-16,19-20,25-26,29-34H2,1-8H3/t39-,40-,43+,44+,53?,54?/m1/s1. The van der Waals surface area contributed by atoms with Gasteiger partial charge in [0.05, 0.1) is 46.2 Å². The Kier molecular flexibility index (Phi) is 13.4. The van der Waals surface area contributed by atoms with Crippen LogP contribution >= 0.6 is 0 Å². The Labute approximate surface area is 403 Å². The molecule has 6 aromatic heterocycles. The number of likely N-dealkylation sites (N-methyl/N-ethyl adjacent to an activating group) is 2. The van der Waals surface area contributed by atoms with Gasteiger partial charge < -0.3 is 29.8 Å². The van der Waals surface area contributed by atoms with E-state index in [1.165, 1.54) is 11.1 Å². The Hall–Kier alpha value is -4.96. The van der Waals surface area contributed by atoms with Crippen LogP contribution in [0, 0.1) is 0 Å². The second-order valence-corrected chi connectivity index (χ2v) is 21.1. The lowest BCUT2D eigenvalue weighted by Crippen LogP contribution is -2.37. The van der Waals surface area contributed by atoms with Crippen LogP contribution < -0.4 is 9.80 Å². The summed E-state index contributed by atoms with van der Waals surface area (Å²) in [6.07, 6.45) is 9.40. The van der Waals surface area contributed by atoms with Crippen molar-refractivity contribution in [1.29, 1.82) is 0 Å². The number of pyridine rings is 4. The van der Waals surface area contributed by atoms with Crippen LogP contribution in [-0.4, -0.2) is 137 Å². The Bertz CT molecular complexity index is 2530. The Morgan fingerprint density at radius 2 is 1.00 bits per heavy atom. The zero-order chi connectivity index (χ0) is 47.4. The Balaban J connectivity index is 1.13. The van der Waals surface area contributed by atoms with Crippen molar-refractivity contribution in [1.82, 2.24) is 48.3 Å². The van der Waals surface area contributed by atoms with Crippen molar-refractivity contribution >= 4 is 22.9 Å². The number of aliphatic hydroxyl groups excluding tert-OH is 2. The second-order valence-electron chi connectivity index (χ2n) is 21.1. The molecule has 2 N–H and O–H groups in total. The molecule has 0 saturated carbocycles. The highest BCUT2D eigenvalue weighted by molar-refractivity contribution is 5.58. The predicted octanol–water partition coefficient (Wildman–Crippen LogP) is 7.40. The number of imidazole rings is 2. The number of fused-ring (bicyclic) bond motifs is 4. The van der Waals surface area contributed by atoms with Crippen molar-refractivity contribution in [2.24, 2.45) is 0 Å². The zero-order valence-electron chi connectivity index (χ0n) is 41.7. The normalized spacial score (nSPS) is 22.0. The number of anilines is 2. The van der Waals surface area contributed by atoms with Gasteiger partial charge in [-0.15, -0.1) is 0 Å². The molecule has 2 unspecified atom stereocenters. The third kappa shape index (κ3) is 8.70. The number of hydrogen-bond acceptors (Lipinski definition) is 12. The Morgan fingerprint density at radius 1 is 0.574 bits per heavy atom. The molecule has 14 nitrogen and oxygen atoms in total. The summed E-state index contributed by atoms with van der Waals surface area (Å²) in [6.45, 7) is 13.4. The molecule has 2 fully saturated rings. The first-order valence-electron chi connectivity index (χ1n) is 25.5. The van der Waals surface area contributed by atoms with Gasteiger partial charge in [0.1, 0.15) is 35.1 Å². The molecule has 6 aromatic rings. The first kappa shape index (κ1) is 46.8. The maximum atomic E-state index is 13.5. The molecule has 2 aliphatic carbocycles. The fourth-order valence-electron chi connectivity index (χ4n) is 12.1. The highest BCUT2D eigenvalue weighted by atomic mass is 16.3. The van der Waals surface area contributed by atoms with Gasteiger partial charge >= 0.3 is 0 Å². The number of rotatable bonds is 15. The van der Waals surface area contributed by atoms with Crippen LogP contribution in [0.4, 0.5) is 11.6 Å². The average molecular weight is 923 g/mol. The van der Waals surface area contributed by atoms with Gasteiger partial charge in [-0.3, -0.25) is 28.6 Å². The monoisotopic (exact) mass is 923 g/mol. The number of aryl methyl sites for hydroxylation is 2. The minimum Gasteiger partial charge on any atom is -0.384 e. The molecule has 0 amide bonds. The van der Waals surface area contributed by atoms with Gasteiger partial charge in [0.25, 0.3) is 0 Å². The molecule has 0 radical (unpaired) electrons. The van der Waals surface area contributed by atoms with E-state index in [1.807, 2.05) is 12.4 Å². The molecule has 10 rings (SSSR count). The quantitative estimate of drug-likeness (QED) is 0.107. The first-order valence-corrected chi connectivity index (χ1v) is 25.5. The summed E-state index contributed by atoms with van der Waals surface area (Å²) < 4.78 is 4.31. The Morgan fingerprint density at radius 3 is 1.38 bits per heavy atom. The molecule has 4 aliphatic rings. The van der Waals surface area contributed by atoms with Gasteiger partial charge in [-0.25, -0.2) is 9.97 Å². The van der Waals surface area contributed by atoms with Crippen LogP contribution in [0.3, 0.4) is 0 Å². The molecule has 0 bridgehead atoms. The molecule has 8 heterocycles. The summed E-state index contributed by atoms with van der Waals surface area (Å²) in [5, 5.41) is 27.0. The molecule has 362 valence electrons. The summed E-state index contributed by atoms with van der Waals surface area (Å²) in [4.78, 5) is 35.3. The maximum Gasteiger partial charge on any atom is 0.138 e. The van der Waals surface area contributed by atoms with E-state index in [-0.39, 0.29) is 24.2 Å². The summed E-state index contributed by atoms with van der Waals surface area (Å²) in [5.74, 6) is 1.96. The van der Waals surface area contributed by atoms with Crippen LogP contribution in [0.15, 0.2) is 73.1 Å². The average Bonchev–Trinajstić information content (AvgIpc) is 4.17. The molecule has 0 spiro atoms. The van der Waals surface area contributed by atoms with Crippen molar-refractivity contribution in [3.8, 4) is 0 Å². The molecule has 2 aliphatic heterocycles. The number of nitrogens with zero attached hydrogens (tertiary/aromatic N) is 12. The van der Waals surface area contributed by atoms with Crippen LogP contribution in [0.25, 0.3) is 11.3 Å². The lowest BCUT2D eigenvalue weighted by Gasteiger charge is -2.38. The van der Waals surface area contributed by atoms with Gasteiger partial charge in [0.15, 0.2) is 0 Å². The van der Waals surface area contributed by atoms with Crippen molar-refractivity contribution < 1.29 is 10.2 Å². The summed E-state index contributed by atoms with van der Waals surface area (Å²) in [6, 6.07) is 22.4. The highest BCUT2D eigenvalue weighted by Crippen LogP contribution is 2.42. The molecular weight excluding hydrogens is 849 g/mol. The molecular formula is C54H74N12O2. The van der Waals surface area contributed by atoms with Crippen LogP contribution in [0.5, 0.6) is 0 Å². The summed E-state index contributed by atoms with van der Waals surface area (Å²) in [7, 11) is 8.62. The van der Waals surface area contributed by atoms with Crippen molar-refractivity contribution in [3.05, 3.63) is 118 Å². The van der Waals surface area contributed by atoms with Gasteiger partial charge in [-0.2, -0.15) is 0 Å². The number of aliphatic hydroxyl groups is 2. The van der Waals surface area contributed by atoms with E-state index in [1.54, 1.807) is 0 Å². The van der Waals surface area contributed by atoms with E-state index in [9.17, 15) is 10.2 Å². The third-order valence-electron chi connectivity index (χ3n) is 15.9. The minimum absolute atomic E-state index is 0.0967. The molecule has 2 saturated heterocycles. The summed E-state index contributed by atoms with van der Waals surface area (Å²) >= 11 is 0. The van der Waals surface area contributed by atoms with E-state index in [4.69, 9.17) is 19.9 Å². The van der Waals surface area contributed by atoms with Crippen LogP contribution in [0.2, 0.25) is 0 Å². The van der Waals surface area contributed by atoms with Gasteiger partial charge in [0, 0.05) is 75.8 Å². The third-order valence-corrected chi connectivity index (χ3v) is 15.9. The largest absolute Gasteiger partial charge is 0.384 e. The minimum atomic E-state index is -1.36. The number of aromatic nitrogens is 6. The van der Waals surface area contributed by atoms with Crippen LogP contribution in [-0.2, 0) is 25.9 Å². The van der Waals surface area contributed by atoms with E-state index in [0.717, 1.165) is 123 Å². The zero-order valence-corrected chi connectivity index (χ0v) is 41.7. The van der Waals surface area contributed by atoms with Crippen molar-refractivity contribution in [3.63, 3.8) is 0 Å². The molecule has 14 heteroatoms. The molecule has 68 heavy (non-hydrogen) atoms. The fraction of sp³-hybridized carbons (Fsp3) is 0.556. The lowest BCUT2D eigenvalue weighted by atomic mass is 9.90. The maximum absolute atomic E-state index is 13.5. The highest BCUT2D eigenvalue weighted by Gasteiger charge is 2.39. The molecule has 6 atom stereocenters. The molecule has 0 aromatic carbocycles.